The Kier molecular flexibility index (Phi) is 4.23. The first-order valence-electron chi connectivity index (χ1n) is 8.02. The molecule has 1 aromatic carbocycles. The summed E-state index contributed by atoms with van der Waals surface area (Å²) in [7, 11) is 0. The summed E-state index contributed by atoms with van der Waals surface area (Å²) in [6, 6.07) is 4.38. The third-order valence-corrected chi connectivity index (χ3v) is 4.23. The van der Waals surface area contributed by atoms with Gasteiger partial charge in [0.25, 0.3) is 0 Å². The lowest BCUT2D eigenvalue weighted by molar-refractivity contribution is 0.696. The highest BCUT2D eigenvalue weighted by molar-refractivity contribution is 5.78. The van der Waals surface area contributed by atoms with Crippen LogP contribution in [0.25, 0.3) is 11.0 Å². The van der Waals surface area contributed by atoms with Gasteiger partial charge in [0, 0.05) is 24.6 Å². The van der Waals surface area contributed by atoms with Gasteiger partial charge in [-0.05, 0) is 48.4 Å². The summed E-state index contributed by atoms with van der Waals surface area (Å²) in [6.07, 6.45) is 10.3. The molecule has 1 aliphatic carbocycles. The second kappa shape index (κ2) is 6.30. The van der Waals surface area contributed by atoms with Gasteiger partial charge in [0.2, 0.25) is 0 Å². The predicted octanol–water partition coefficient (Wildman–Crippen LogP) is 4.15. The fraction of sp³-hybridized carbons (Fsp3) is 0.368. The van der Waals surface area contributed by atoms with Gasteiger partial charge in [-0.15, -0.1) is 0 Å². The van der Waals surface area contributed by atoms with Crippen LogP contribution in [-0.2, 0) is 13.0 Å². The Morgan fingerprint density at radius 1 is 1.23 bits per heavy atom. The van der Waals surface area contributed by atoms with Crippen molar-refractivity contribution in [3.63, 3.8) is 0 Å². The van der Waals surface area contributed by atoms with Crippen LogP contribution < -0.4 is 5.32 Å². The first-order valence-corrected chi connectivity index (χ1v) is 8.02. The minimum atomic E-state index is 0.646. The maximum Gasteiger partial charge on any atom is 0.0918 e. The fourth-order valence-electron chi connectivity index (χ4n) is 3.04. The van der Waals surface area contributed by atoms with Crippen LogP contribution >= 0.6 is 0 Å². The van der Waals surface area contributed by atoms with E-state index in [1.165, 1.54) is 22.4 Å². The Labute approximate surface area is 132 Å². The van der Waals surface area contributed by atoms with E-state index in [-0.39, 0.29) is 0 Å². The van der Waals surface area contributed by atoms with E-state index >= 15 is 0 Å². The highest BCUT2D eigenvalue weighted by atomic mass is 14.9. The monoisotopic (exact) mass is 293 g/mol. The van der Waals surface area contributed by atoms with Crippen molar-refractivity contribution in [1.82, 2.24) is 15.3 Å². The fourth-order valence-corrected chi connectivity index (χ4v) is 3.04. The molecule has 0 saturated heterocycles. The van der Waals surface area contributed by atoms with Gasteiger partial charge in [0.15, 0.2) is 0 Å². The molecule has 22 heavy (non-hydrogen) atoms. The van der Waals surface area contributed by atoms with E-state index in [9.17, 15) is 0 Å². The topological polar surface area (TPSA) is 37.8 Å². The van der Waals surface area contributed by atoms with Crippen molar-refractivity contribution in [2.45, 2.75) is 40.2 Å². The zero-order valence-electron chi connectivity index (χ0n) is 13.6. The Bertz CT molecular complexity index is 743. The summed E-state index contributed by atoms with van der Waals surface area (Å²) < 4.78 is 0. The summed E-state index contributed by atoms with van der Waals surface area (Å²) in [5, 5.41) is 3.57. The average Bonchev–Trinajstić information content (AvgIpc) is 2.53. The molecule has 0 radical (unpaired) electrons. The van der Waals surface area contributed by atoms with Gasteiger partial charge >= 0.3 is 0 Å². The van der Waals surface area contributed by atoms with E-state index in [0.29, 0.717) is 5.92 Å². The van der Waals surface area contributed by atoms with Crippen molar-refractivity contribution in [2.24, 2.45) is 5.92 Å². The number of hydrogen-bond acceptors (Lipinski definition) is 3. The zero-order valence-corrected chi connectivity index (χ0v) is 13.6. The number of benzene rings is 1. The summed E-state index contributed by atoms with van der Waals surface area (Å²) in [4.78, 5) is 8.91. The van der Waals surface area contributed by atoms with Crippen LogP contribution in [0.5, 0.6) is 0 Å². The first kappa shape index (κ1) is 14.8. The van der Waals surface area contributed by atoms with Gasteiger partial charge in [0.1, 0.15) is 0 Å². The van der Waals surface area contributed by atoms with E-state index in [1.54, 1.807) is 12.4 Å². The molecule has 1 unspecified atom stereocenters. The van der Waals surface area contributed by atoms with Crippen molar-refractivity contribution in [2.75, 3.05) is 0 Å². The molecule has 0 aliphatic heterocycles. The molecule has 2 aromatic rings. The van der Waals surface area contributed by atoms with Crippen LogP contribution in [-0.4, -0.2) is 9.97 Å². The Hall–Kier alpha value is -2.16. The normalized spacial score (nSPS) is 18.0. The largest absolute Gasteiger partial charge is 0.381 e. The predicted molar refractivity (Wildman–Crippen MR) is 91.4 cm³/mol. The van der Waals surface area contributed by atoms with Crippen molar-refractivity contribution in [3.05, 3.63) is 59.1 Å². The lowest BCUT2D eigenvalue weighted by Gasteiger charge is -2.19. The van der Waals surface area contributed by atoms with Gasteiger partial charge in [0.05, 0.1) is 11.0 Å². The van der Waals surface area contributed by atoms with Crippen LogP contribution in [0.1, 0.15) is 38.3 Å². The molecule has 1 N–H and O–H groups in total. The molecular formula is C19H23N3. The van der Waals surface area contributed by atoms with E-state index in [2.05, 4.69) is 60.3 Å². The number of nitrogens with zero attached hydrogens (tertiary/aromatic N) is 2. The molecule has 3 nitrogen and oxygen atoms in total. The number of rotatable bonds is 4. The van der Waals surface area contributed by atoms with Crippen LogP contribution in [0, 0.1) is 5.92 Å². The van der Waals surface area contributed by atoms with E-state index in [0.717, 1.165) is 30.4 Å². The number of nitrogens with one attached hydrogen (secondary N) is 1. The van der Waals surface area contributed by atoms with Crippen LogP contribution in [0.15, 0.2) is 47.9 Å². The average molecular weight is 293 g/mol. The van der Waals surface area contributed by atoms with E-state index in [1.807, 2.05) is 0 Å². The maximum atomic E-state index is 4.46. The molecule has 3 heteroatoms. The molecule has 0 bridgehead atoms. The second-order valence-corrected chi connectivity index (χ2v) is 6.07. The summed E-state index contributed by atoms with van der Waals surface area (Å²) in [6.45, 7) is 7.42. The summed E-state index contributed by atoms with van der Waals surface area (Å²) >= 11 is 0. The van der Waals surface area contributed by atoms with Crippen molar-refractivity contribution in [1.29, 1.82) is 0 Å². The Balaban J connectivity index is 1.81. The van der Waals surface area contributed by atoms with Crippen LogP contribution in [0.4, 0.5) is 0 Å². The standard InChI is InChI=1S/C19H23N3/c1-4-16-10-15(11-18-19(16)21-8-7-20-18)12-22-17-6-5-13(2)9-14(17)3/h6-11,13,22H,4-5,12H2,1-3H3. The van der Waals surface area contributed by atoms with Crippen LogP contribution in [0.3, 0.4) is 0 Å². The van der Waals surface area contributed by atoms with Gasteiger partial charge in [-0.2, -0.15) is 0 Å². The molecular weight excluding hydrogens is 270 g/mol. The number of aromatic nitrogens is 2. The smallest absolute Gasteiger partial charge is 0.0918 e. The molecule has 1 atom stereocenters. The molecule has 1 aliphatic rings. The SMILES string of the molecule is CCc1cc(CNC2=CCC(C)C=C2C)cc2nccnc12. The summed E-state index contributed by atoms with van der Waals surface area (Å²) in [5.74, 6) is 0.646. The molecule has 114 valence electrons. The van der Waals surface area contributed by atoms with E-state index in [4.69, 9.17) is 0 Å². The van der Waals surface area contributed by atoms with Gasteiger partial charge < -0.3 is 5.32 Å². The summed E-state index contributed by atoms with van der Waals surface area (Å²) in [5.41, 5.74) is 7.14. The second-order valence-electron chi connectivity index (χ2n) is 6.07. The minimum absolute atomic E-state index is 0.646. The van der Waals surface area contributed by atoms with Crippen molar-refractivity contribution >= 4 is 11.0 Å². The molecule has 0 spiro atoms. The highest BCUT2D eigenvalue weighted by Crippen LogP contribution is 2.22. The highest BCUT2D eigenvalue weighted by Gasteiger charge is 2.10. The molecule has 0 saturated carbocycles. The quantitative estimate of drug-likeness (QED) is 0.920. The number of allylic oxidation sites excluding steroid dienone is 3. The van der Waals surface area contributed by atoms with Crippen molar-refractivity contribution in [3.8, 4) is 0 Å². The number of hydrogen-bond donors (Lipinski definition) is 1. The Morgan fingerprint density at radius 2 is 2.05 bits per heavy atom. The number of fused-ring (bicyclic) bond motifs is 1. The van der Waals surface area contributed by atoms with Crippen molar-refractivity contribution < 1.29 is 0 Å². The maximum absolute atomic E-state index is 4.46. The molecule has 0 fully saturated rings. The van der Waals surface area contributed by atoms with Gasteiger partial charge in [-0.25, -0.2) is 0 Å². The molecule has 1 heterocycles. The zero-order chi connectivity index (χ0) is 15.5. The lowest BCUT2D eigenvalue weighted by Crippen LogP contribution is -2.16. The molecule has 0 amide bonds. The third kappa shape index (κ3) is 3.03. The van der Waals surface area contributed by atoms with Crippen LogP contribution in [0.2, 0.25) is 0 Å². The minimum Gasteiger partial charge on any atom is -0.381 e. The Morgan fingerprint density at radius 3 is 2.82 bits per heavy atom. The first-order chi connectivity index (χ1) is 10.7. The molecule has 3 rings (SSSR count). The van der Waals surface area contributed by atoms with E-state index < -0.39 is 0 Å². The third-order valence-electron chi connectivity index (χ3n) is 4.23. The molecule has 1 aromatic heterocycles. The van der Waals surface area contributed by atoms with Gasteiger partial charge in [-0.3, -0.25) is 9.97 Å². The lowest BCUT2D eigenvalue weighted by atomic mass is 9.96. The van der Waals surface area contributed by atoms with Gasteiger partial charge in [-0.1, -0.05) is 32.1 Å². The number of aryl methyl sites for hydroxylation is 1.